The molecule has 1 saturated heterocycles. The maximum Gasteiger partial charge on any atom is 0.263 e. The summed E-state index contributed by atoms with van der Waals surface area (Å²) in [5, 5.41) is 2.56. The zero-order chi connectivity index (χ0) is 9.97. The average Bonchev–Trinajstić information content (AvgIpc) is 2.47. The third-order valence-electron chi connectivity index (χ3n) is 1.65. The Labute approximate surface area is 90.6 Å². The number of thiocarbonyl (C=S) groups is 1. The number of amides is 1. The predicted octanol–water partition coefficient (Wildman–Crippen LogP) is 1.57. The van der Waals surface area contributed by atoms with Gasteiger partial charge in [0.25, 0.3) is 5.91 Å². The fourth-order valence-corrected chi connectivity index (χ4v) is 2.08. The Hall–Kier alpha value is -1.20. The molecule has 0 aromatic carbocycles. The van der Waals surface area contributed by atoms with Gasteiger partial charge in [0.1, 0.15) is 4.32 Å². The molecule has 0 radical (unpaired) electrons. The molecule has 14 heavy (non-hydrogen) atoms. The normalized spacial score (nSPS) is 18.7. The molecule has 0 atom stereocenters. The van der Waals surface area contributed by atoms with Crippen LogP contribution in [0.25, 0.3) is 6.08 Å². The maximum atomic E-state index is 11.3. The number of nitrogens with zero attached hydrogens (tertiary/aromatic N) is 1. The molecule has 1 aromatic heterocycles. The molecule has 0 aliphatic carbocycles. The number of carbonyl (C=O) groups is 1. The van der Waals surface area contributed by atoms with Crippen LogP contribution in [-0.2, 0) is 4.79 Å². The van der Waals surface area contributed by atoms with E-state index in [0.29, 0.717) is 9.23 Å². The number of aromatic nitrogens is 1. The van der Waals surface area contributed by atoms with Gasteiger partial charge >= 0.3 is 0 Å². The van der Waals surface area contributed by atoms with Crippen LogP contribution in [0.4, 0.5) is 0 Å². The van der Waals surface area contributed by atoms with Gasteiger partial charge < -0.3 is 5.32 Å². The molecule has 1 fully saturated rings. The Morgan fingerprint density at radius 3 is 2.71 bits per heavy atom. The number of thioether (sulfide) groups is 1. The van der Waals surface area contributed by atoms with E-state index < -0.39 is 0 Å². The van der Waals surface area contributed by atoms with Crippen LogP contribution in [-0.4, -0.2) is 15.2 Å². The Balaban J connectivity index is 2.28. The minimum atomic E-state index is -0.128. The minimum absolute atomic E-state index is 0.128. The Kier molecular flexibility index (Phi) is 2.60. The van der Waals surface area contributed by atoms with E-state index in [0.717, 1.165) is 5.56 Å². The second-order valence-electron chi connectivity index (χ2n) is 2.63. The summed E-state index contributed by atoms with van der Waals surface area (Å²) in [6.07, 6.45) is 5.16. The number of carbonyl (C=O) groups excluding carboxylic acids is 1. The summed E-state index contributed by atoms with van der Waals surface area (Å²) in [5.74, 6) is -0.128. The summed E-state index contributed by atoms with van der Waals surface area (Å²) < 4.78 is 0.510. The van der Waals surface area contributed by atoms with Crippen LogP contribution >= 0.6 is 24.0 Å². The van der Waals surface area contributed by atoms with Crippen molar-refractivity contribution in [2.75, 3.05) is 0 Å². The molecule has 5 heteroatoms. The van der Waals surface area contributed by atoms with Crippen molar-refractivity contribution in [1.29, 1.82) is 0 Å². The van der Waals surface area contributed by atoms with Crippen LogP contribution in [0.5, 0.6) is 0 Å². The molecule has 3 nitrogen and oxygen atoms in total. The van der Waals surface area contributed by atoms with E-state index in [-0.39, 0.29) is 5.91 Å². The first-order valence-electron chi connectivity index (χ1n) is 3.90. The van der Waals surface area contributed by atoms with Gasteiger partial charge in [0, 0.05) is 12.4 Å². The molecule has 0 spiro atoms. The molecule has 1 aliphatic heterocycles. The Morgan fingerprint density at radius 1 is 1.43 bits per heavy atom. The first kappa shape index (κ1) is 9.36. The van der Waals surface area contributed by atoms with Crippen molar-refractivity contribution in [2.24, 2.45) is 0 Å². The molecule has 1 N–H and O–H groups in total. The topological polar surface area (TPSA) is 42.0 Å². The fourth-order valence-electron chi connectivity index (χ4n) is 1.03. The van der Waals surface area contributed by atoms with Crippen molar-refractivity contribution in [3.8, 4) is 0 Å². The third-order valence-corrected chi connectivity index (χ3v) is 2.81. The lowest BCUT2D eigenvalue weighted by molar-refractivity contribution is -0.115. The van der Waals surface area contributed by atoms with Gasteiger partial charge in [0.05, 0.1) is 4.91 Å². The zero-order valence-corrected chi connectivity index (χ0v) is 8.69. The van der Waals surface area contributed by atoms with E-state index in [1.807, 2.05) is 12.1 Å². The highest BCUT2D eigenvalue weighted by atomic mass is 32.2. The van der Waals surface area contributed by atoms with Crippen molar-refractivity contribution in [3.63, 3.8) is 0 Å². The van der Waals surface area contributed by atoms with E-state index in [9.17, 15) is 4.79 Å². The largest absolute Gasteiger partial charge is 0.307 e. The van der Waals surface area contributed by atoms with Gasteiger partial charge in [-0.2, -0.15) is 0 Å². The summed E-state index contributed by atoms with van der Waals surface area (Å²) in [6.45, 7) is 0. The van der Waals surface area contributed by atoms with Crippen molar-refractivity contribution >= 4 is 40.3 Å². The maximum absolute atomic E-state index is 11.3. The quantitative estimate of drug-likeness (QED) is 0.578. The summed E-state index contributed by atoms with van der Waals surface area (Å²) in [7, 11) is 0. The molecule has 1 aliphatic rings. The van der Waals surface area contributed by atoms with E-state index in [1.54, 1.807) is 18.5 Å². The van der Waals surface area contributed by atoms with Crippen LogP contribution in [0, 0.1) is 0 Å². The lowest BCUT2D eigenvalue weighted by Gasteiger charge is -1.92. The molecular weight excluding hydrogens is 216 g/mol. The van der Waals surface area contributed by atoms with Gasteiger partial charge in [-0.05, 0) is 23.8 Å². The smallest absolute Gasteiger partial charge is 0.263 e. The van der Waals surface area contributed by atoms with Gasteiger partial charge in [-0.3, -0.25) is 9.78 Å². The van der Waals surface area contributed by atoms with Crippen molar-refractivity contribution in [2.45, 2.75) is 0 Å². The van der Waals surface area contributed by atoms with Crippen LogP contribution in [0.15, 0.2) is 29.4 Å². The Morgan fingerprint density at radius 2 is 2.14 bits per heavy atom. The van der Waals surface area contributed by atoms with Gasteiger partial charge in [-0.1, -0.05) is 24.0 Å². The summed E-state index contributed by atoms with van der Waals surface area (Å²) >= 11 is 6.15. The molecule has 0 bridgehead atoms. The second-order valence-corrected chi connectivity index (χ2v) is 4.35. The number of pyridine rings is 1. The van der Waals surface area contributed by atoms with E-state index in [2.05, 4.69) is 10.3 Å². The fraction of sp³-hybridized carbons (Fsp3) is 0. The van der Waals surface area contributed by atoms with E-state index >= 15 is 0 Å². The number of hydrogen-bond acceptors (Lipinski definition) is 4. The lowest BCUT2D eigenvalue weighted by Crippen LogP contribution is -2.17. The number of rotatable bonds is 1. The molecule has 2 rings (SSSR count). The molecule has 0 unspecified atom stereocenters. The highest BCUT2D eigenvalue weighted by molar-refractivity contribution is 8.26. The Bertz CT molecular complexity index is 414. The zero-order valence-electron chi connectivity index (χ0n) is 7.06. The third kappa shape index (κ3) is 2.00. The van der Waals surface area contributed by atoms with Crippen LogP contribution in [0.1, 0.15) is 5.56 Å². The summed E-state index contributed by atoms with van der Waals surface area (Å²) in [4.78, 5) is 15.8. The molecule has 1 aromatic rings. The van der Waals surface area contributed by atoms with Gasteiger partial charge in [-0.15, -0.1) is 0 Å². The van der Waals surface area contributed by atoms with Gasteiger partial charge in [0.15, 0.2) is 0 Å². The standard InChI is InChI=1S/C9H6N2OS2/c12-8-7(14-9(13)11-8)5-6-1-3-10-4-2-6/h1-5H,(H,11,12,13)/b7-5+. The van der Waals surface area contributed by atoms with E-state index in [1.165, 1.54) is 11.8 Å². The highest BCUT2D eigenvalue weighted by Gasteiger charge is 2.21. The van der Waals surface area contributed by atoms with Crippen molar-refractivity contribution in [3.05, 3.63) is 35.0 Å². The van der Waals surface area contributed by atoms with Crippen LogP contribution in [0.2, 0.25) is 0 Å². The highest BCUT2D eigenvalue weighted by Crippen LogP contribution is 2.25. The molecule has 0 saturated carbocycles. The molecule has 70 valence electrons. The first-order chi connectivity index (χ1) is 6.75. The molecule has 2 heterocycles. The minimum Gasteiger partial charge on any atom is -0.307 e. The lowest BCUT2D eigenvalue weighted by atomic mass is 10.2. The average molecular weight is 222 g/mol. The van der Waals surface area contributed by atoms with Gasteiger partial charge in [0.2, 0.25) is 0 Å². The molecule has 1 amide bonds. The summed E-state index contributed by atoms with van der Waals surface area (Å²) in [6, 6.07) is 3.67. The number of nitrogens with one attached hydrogen (secondary N) is 1. The van der Waals surface area contributed by atoms with Crippen LogP contribution < -0.4 is 5.32 Å². The van der Waals surface area contributed by atoms with Crippen LogP contribution in [0.3, 0.4) is 0 Å². The van der Waals surface area contributed by atoms with E-state index in [4.69, 9.17) is 12.2 Å². The number of hydrogen-bond donors (Lipinski definition) is 1. The first-order valence-corrected chi connectivity index (χ1v) is 5.13. The predicted molar refractivity (Wildman–Crippen MR) is 60.5 cm³/mol. The molecular formula is C9H6N2OS2. The summed E-state index contributed by atoms with van der Waals surface area (Å²) in [5.41, 5.74) is 0.947. The second kappa shape index (κ2) is 3.89. The monoisotopic (exact) mass is 222 g/mol. The van der Waals surface area contributed by atoms with Crippen molar-refractivity contribution in [1.82, 2.24) is 10.3 Å². The van der Waals surface area contributed by atoms with Gasteiger partial charge in [-0.25, -0.2) is 0 Å². The SMILES string of the molecule is O=C1NC(=S)S/C1=C/c1ccncc1. The van der Waals surface area contributed by atoms with Crippen molar-refractivity contribution < 1.29 is 4.79 Å².